The molecule has 1 aliphatic rings. The van der Waals surface area contributed by atoms with E-state index in [-0.39, 0.29) is 0 Å². The number of nitrogens with one attached hydrogen (secondary N) is 1. The van der Waals surface area contributed by atoms with Crippen molar-refractivity contribution in [3.63, 3.8) is 0 Å². The highest BCUT2D eigenvalue weighted by atomic mass is 19.1. The number of H-pyrrole nitrogens is 1. The van der Waals surface area contributed by atoms with E-state index in [0.717, 1.165) is 23.5 Å². The van der Waals surface area contributed by atoms with Gasteiger partial charge in [0.2, 0.25) is 0 Å². The minimum absolute atomic E-state index is 0.480. The Balaban J connectivity index is 0.000000461. The van der Waals surface area contributed by atoms with Crippen LogP contribution in [0.15, 0.2) is 0 Å². The molecule has 1 aromatic rings. The molecule has 0 fully saturated rings. The molecular formula is C10H18FN3. The van der Waals surface area contributed by atoms with Crippen molar-refractivity contribution in [2.24, 2.45) is 0 Å². The predicted octanol–water partition coefficient (Wildman–Crippen LogP) is 2.20. The standard InChI is InChI=1S/C8H12FN3.C2H6/c1-5-8-6(9)3-12(2)4-7(8)11-10-5;1-2/h6H,3-4H2,1-2H3,(H,10,11);1-2H3. The Bertz CT molecular complexity index is 296. The Morgan fingerprint density at radius 3 is 2.79 bits per heavy atom. The van der Waals surface area contributed by atoms with Crippen LogP contribution in [0, 0.1) is 6.92 Å². The number of fused-ring (bicyclic) bond motifs is 1. The number of nitrogens with zero attached hydrogens (tertiary/aromatic N) is 2. The number of hydrogen-bond acceptors (Lipinski definition) is 2. The van der Waals surface area contributed by atoms with Gasteiger partial charge < -0.3 is 0 Å². The molecule has 1 N–H and O–H groups in total. The second-order valence-corrected chi connectivity index (χ2v) is 3.37. The third-order valence-electron chi connectivity index (χ3n) is 2.28. The molecule has 2 rings (SSSR count). The maximum Gasteiger partial charge on any atom is 0.141 e. The van der Waals surface area contributed by atoms with Gasteiger partial charge in [0, 0.05) is 24.3 Å². The van der Waals surface area contributed by atoms with E-state index in [4.69, 9.17) is 0 Å². The largest absolute Gasteiger partial charge is 0.297 e. The molecule has 0 spiro atoms. The first-order valence-corrected chi connectivity index (χ1v) is 5.05. The summed E-state index contributed by atoms with van der Waals surface area (Å²) in [5, 5.41) is 6.86. The quantitative estimate of drug-likeness (QED) is 0.694. The highest BCUT2D eigenvalue weighted by Crippen LogP contribution is 2.29. The maximum atomic E-state index is 13.4. The monoisotopic (exact) mass is 199 g/mol. The van der Waals surface area contributed by atoms with E-state index < -0.39 is 6.17 Å². The molecule has 0 bridgehead atoms. The van der Waals surface area contributed by atoms with Crippen molar-refractivity contribution in [2.45, 2.75) is 33.5 Å². The summed E-state index contributed by atoms with van der Waals surface area (Å²) in [4.78, 5) is 1.94. The first-order valence-electron chi connectivity index (χ1n) is 5.05. The molecule has 0 aromatic carbocycles. The average Bonchev–Trinajstić information content (AvgIpc) is 2.51. The fourth-order valence-electron chi connectivity index (χ4n) is 1.71. The number of aryl methyl sites for hydroxylation is 1. The number of aromatic amines is 1. The van der Waals surface area contributed by atoms with Crippen molar-refractivity contribution < 1.29 is 4.39 Å². The molecule has 0 aliphatic carbocycles. The highest BCUT2D eigenvalue weighted by Gasteiger charge is 2.26. The summed E-state index contributed by atoms with van der Waals surface area (Å²) < 4.78 is 13.4. The molecule has 14 heavy (non-hydrogen) atoms. The van der Waals surface area contributed by atoms with Crippen LogP contribution < -0.4 is 0 Å². The van der Waals surface area contributed by atoms with Crippen molar-refractivity contribution in [3.8, 4) is 0 Å². The fraction of sp³-hybridized carbons (Fsp3) is 0.700. The van der Waals surface area contributed by atoms with Crippen LogP contribution in [0.2, 0.25) is 0 Å². The van der Waals surface area contributed by atoms with Gasteiger partial charge in [-0.2, -0.15) is 5.10 Å². The Kier molecular flexibility index (Phi) is 3.63. The van der Waals surface area contributed by atoms with Crippen molar-refractivity contribution in [1.29, 1.82) is 0 Å². The molecular weight excluding hydrogens is 181 g/mol. The Hall–Kier alpha value is -0.900. The zero-order valence-electron chi connectivity index (χ0n) is 9.26. The molecule has 1 aliphatic heterocycles. The zero-order chi connectivity index (χ0) is 10.7. The third kappa shape index (κ3) is 1.95. The molecule has 80 valence electrons. The van der Waals surface area contributed by atoms with E-state index in [1.165, 1.54) is 0 Å². The van der Waals surface area contributed by atoms with Gasteiger partial charge in [0.15, 0.2) is 0 Å². The van der Waals surface area contributed by atoms with Gasteiger partial charge in [-0.25, -0.2) is 4.39 Å². The molecule has 0 amide bonds. The van der Waals surface area contributed by atoms with Gasteiger partial charge in [-0.15, -0.1) is 0 Å². The van der Waals surface area contributed by atoms with Crippen LogP contribution in [0.1, 0.15) is 37.0 Å². The molecule has 4 heteroatoms. The summed E-state index contributed by atoms with van der Waals surface area (Å²) in [5.41, 5.74) is 2.49. The molecule has 0 radical (unpaired) electrons. The van der Waals surface area contributed by atoms with Gasteiger partial charge in [-0.1, -0.05) is 13.8 Å². The van der Waals surface area contributed by atoms with Crippen molar-refractivity contribution in [2.75, 3.05) is 13.6 Å². The molecule has 2 heterocycles. The molecule has 1 aromatic heterocycles. The SMILES string of the molecule is CC.Cc1[nH]nc2c1C(F)CN(C)C2. The summed E-state index contributed by atoms with van der Waals surface area (Å²) >= 11 is 0. The van der Waals surface area contributed by atoms with Gasteiger partial charge in [0.1, 0.15) is 6.17 Å². The normalized spacial score (nSPS) is 21.1. The second-order valence-electron chi connectivity index (χ2n) is 3.37. The van der Waals surface area contributed by atoms with Crippen molar-refractivity contribution >= 4 is 0 Å². The van der Waals surface area contributed by atoms with E-state index in [1.54, 1.807) is 0 Å². The zero-order valence-corrected chi connectivity index (χ0v) is 9.26. The first-order chi connectivity index (χ1) is 6.68. The molecule has 1 atom stereocenters. The summed E-state index contributed by atoms with van der Waals surface area (Å²) in [6, 6.07) is 0. The maximum absolute atomic E-state index is 13.4. The Labute approximate surface area is 84.3 Å². The van der Waals surface area contributed by atoms with E-state index in [1.807, 2.05) is 32.7 Å². The fourth-order valence-corrected chi connectivity index (χ4v) is 1.71. The Morgan fingerprint density at radius 1 is 1.50 bits per heavy atom. The van der Waals surface area contributed by atoms with Gasteiger partial charge in [0.05, 0.1) is 5.69 Å². The topological polar surface area (TPSA) is 31.9 Å². The Morgan fingerprint density at radius 2 is 2.14 bits per heavy atom. The van der Waals surface area contributed by atoms with E-state index in [2.05, 4.69) is 10.2 Å². The molecule has 1 unspecified atom stereocenters. The number of halogens is 1. The number of aromatic nitrogens is 2. The van der Waals surface area contributed by atoms with E-state index in [0.29, 0.717) is 6.54 Å². The minimum atomic E-state index is -0.877. The number of alkyl halides is 1. The van der Waals surface area contributed by atoms with Gasteiger partial charge in [-0.05, 0) is 14.0 Å². The average molecular weight is 199 g/mol. The molecule has 0 saturated carbocycles. The van der Waals surface area contributed by atoms with Crippen LogP contribution in [0.3, 0.4) is 0 Å². The van der Waals surface area contributed by atoms with E-state index in [9.17, 15) is 4.39 Å². The minimum Gasteiger partial charge on any atom is -0.297 e. The third-order valence-corrected chi connectivity index (χ3v) is 2.28. The summed E-state index contributed by atoms with van der Waals surface area (Å²) in [6.45, 7) is 7.09. The molecule has 3 nitrogen and oxygen atoms in total. The van der Waals surface area contributed by atoms with Gasteiger partial charge in [-0.3, -0.25) is 10.00 Å². The van der Waals surface area contributed by atoms with Crippen LogP contribution in [0.4, 0.5) is 4.39 Å². The lowest BCUT2D eigenvalue weighted by Crippen LogP contribution is -2.28. The van der Waals surface area contributed by atoms with Gasteiger partial charge >= 0.3 is 0 Å². The smallest absolute Gasteiger partial charge is 0.141 e. The van der Waals surface area contributed by atoms with Crippen LogP contribution in [0.5, 0.6) is 0 Å². The number of likely N-dealkylation sites (N-methyl/N-ethyl adjacent to an activating group) is 1. The number of hydrogen-bond donors (Lipinski definition) is 1. The summed E-state index contributed by atoms with van der Waals surface area (Å²) in [7, 11) is 1.90. The van der Waals surface area contributed by atoms with Crippen LogP contribution >= 0.6 is 0 Å². The van der Waals surface area contributed by atoms with Gasteiger partial charge in [0.25, 0.3) is 0 Å². The van der Waals surface area contributed by atoms with Crippen LogP contribution in [-0.2, 0) is 6.54 Å². The lowest BCUT2D eigenvalue weighted by atomic mass is 10.0. The lowest BCUT2D eigenvalue weighted by Gasteiger charge is -2.24. The van der Waals surface area contributed by atoms with Crippen LogP contribution in [-0.4, -0.2) is 28.7 Å². The number of rotatable bonds is 0. The lowest BCUT2D eigenvalue weighted by molar-refractivity contribution is 0.193. The second kappa shape index (κ2) is 4.55. The summed E-state index contributed by atoms with van der Waals surface area (Å²) in [5.74, 6) is 0. The summed E-state index contributed by atoms with van der Waals surface area (Å²) in [6.07, 6.45) is -0.877. The highest BCUT2D eigenvalue weighted by molar-refractivity contribution is 5.29. The van der Waals surface area contributed by atoms with Crippen molar-refractivity contribution in [3.05, 3.63) is 17.0 Å². The van der Waals surface area contributed by atoms with E-state index >= 15 is 0 Å². The van der Waals surface area contributed by atoms with Crippen molar-refractivity contribution in [1.82, 2.24) is 15.1 Å². The molecule has 0 saturated heterocycles. The predicted molar refractivity (Wildman–Crippen MR) is 54.9 cm³/mol. The van der Waals surface area contributed by atoms with Crippen LogP contribution in [0.25, 0.3) is 0 Å². The first kappa shape index (κ1) is 11.2.